The molecule has 0 spiro atoms. The highest BCUT2D eigenvalue weighted by Gasteiger charge is 2.38. The molecule has 108 valence electrons. The maximum absolute atomic E-state index is 12.3. The van der Waals surface area contributed by atoms with E-state index in [4.69, 9.17) is 5.73 Å². The summed E-state index contributed by atoms with van der Waals surface area (Å²) in [6, 6.07) is 2.35. The van der Waals surface area contributed by atoms with Crippen LogP contribution in [0.4, 0.5) is 5.13 Å². The van der Waals surface area contributed by atoms with E-state index in [1.165, 1.54) is 23.1 Å². The SMILES string of the molecule is CN(C(=O)CSc1nnc(N)s1)C1(C#N)CCCCC1. The van der Waals surface area contributed by atoms with Gasteiger partial charge in [-0.3, -0.25) is 4.79 Å². The van der Waals surface area contributed by atoms with Crippen LogP contribution < -0.4 is 5.73 Å². The molecular formula is C12H17N5OS2. The van der Waals surface area contributed by atoms with E-state index < -0.39 is 5.54 Å². The lowest BCUT2D eigenvalue weighted by Gasteiger charge is -2.38. The van der Waals surface area contributed by atoms with E-state index in [1.807, 2.05) is 0 Å². The Balaban J connectivity index is 1.95. The topological polar surface area (TPSA) is 95.9 Å². The van der Waals surface area contributed by atoms with E-state index in [0.29, 0.717) is 9.47 Å². The molecule has 1 heterocycles. The monoisotopic (exact) mass is 311 g/mol. The molecule has 1 aliphatic rings. The van der Waals surface area contributed by atoms with E-state index >= 15 is 0 Å². The van der Waals surface area contributed by atoms with Gasteiger partial charge < -0.3 is 10.6 Å². The fourth-order valence-electron chi connectivity index (χ4n) is 2.40. The van der Waals surface area contributed by atoms with Gasteiger partial charge in [0.15, 0.2) is 4.34 Å². The second-order valence-corrected chi connectivity index (χ2v) is 7.08. The lowest BCUT2D eigenvalue weighted by atomic mass is 9.81. The Morgan fingerprint density at radius 2 is 2.20 bits per heavy atom. The number of carbonyl (C=O) groups is 1. The van der Waals surface area contributed by atoms with Crippen molar-refractivity contribution in [2.75, 3.05) is 18.5 Å². The van der Waals surface area contributed by atoms with Gasteiger partial charge in [-0.2, -0.15) is 5.26 Å². The van der Waals surface area contributed by atoms with Gasteiger partial charge in [-0.15, -0.1) is 10.2 Å². The summed E-state index contributed by atoms with van der Waals surface area (Å²) in [4.78, 5) is 13.9. The second-order valence-electron chi connectivity index (χ2n) is 4.85. The normalized spacial score (nSPS) is 17.4. The summed E-state index contributed by atoms with van der Waals surface area (Å²) in [6.45, 7) is 0. The minimum Gasteiger partial charge on any atom is -0.374 e. The van der Waals surface area contributed by atoms with Crippen molar-refractivity contribution in [3.8, 4) is 6.07 Å². The van der Waals surface area contributed by atoms with E-state index in [9.17, 15) is 10.1 Å². The molecule has 0 radical (unpaired) electrons. The van der Waals surface area contributed by atoms with E-state index in [2.05, 4.69) is 16.3 Å². The van der Waals surface area contributed by atoms with Crippen LogP contribution >= 0.6 is 23.1 Å². The lowest BCUT2D eigenvalue weighted by molar-refractivity contribution is -0.131. The molecule has 20 heavy (non-hydrogen) atoms. The predicted octanol–water partition coefficient (Wildman–Crippen LogP) is 1.90. The summed E-state index contributed by atoms with van der Waals surface area (Å²) >= 11 is 2.58. The summed E-state index contributed by atoms with van der Waals surface area (Å²) in [5.41, 5.74) is 4.87. The van der Waals surface area contributed by atoms with Gasteiger partial charge in [-0.25, -0.2) is 0 Å². The first-order valence-electron chi connectivity index (χ1n) is 6.47. The Labute approximate surface area is 126 Å². The summed E-state index contributed by atoms with van der Waals surface area (Å²) in [6.07, 6.45) is 4.69. The minimum absolute atomic E-state index is 0.0489. The van der Waals surface area contributed by atoms with Crippen molar-refractivity contribution in [3.05, 3.63) is 0 Å². The minimum atomic E-state index is -0.629. The molecule has 0 aliphatic heterocycles. The molecule has 2 rings (SSSR count). The van der Waals surface area contributed by atoms with Gasteiger partial charge in [-0.05, 0) is 12.8 Å². The average Bonchev–Trinajstić information content (AvgIpc) is 2.90. The van der Waals surface area contributed by atoms with Gasteiger partial charge in [-0.1, -0.05) is 42.4 Å². The number of nitrogens with two attached hydrogens (primary N) is 1. The molecule has 0 unspecified atom stereocenters. The molecule has 1 aromatic heterocycles. The van der Waals surface area contributed by atoms with Gasteiger partial charge in [0.05, 0.1) is 11.8 Å². The molecule has 6 nitrogen and oxygen atoms in total. The van der Waals surface area contributed by atoms with Crippen molar-refractivity contribution < 1.29 is 4.79 Å². The maximum Gasteiger partial charge on any atom is 0.234 e. The molecule has 1 fully saturated rings. The number of carbonyl (C=O) groups excluding carboxylic acids is 1. The quantitative estimate of drug-likeness (QED) is 0.853. The van der Waals surface area contributed by atoms with Crippen LogP contribution in [0.5, 0.6) is 0 Å². The number of nitrogens with zero attached hydrogens (tertiary/aromatic N) is 4. The van der Waals surface area contributed by atoms with Gasteiger partial charge in [0.25, 0.3) is 0 Å². The lowest BCUT2D eigenvalue weighted by Crippen LogP contribution is -2.50. The summed E-state index contributed by atoms with van der Waals surface area (Å²) in [5.74, 6) is 0.210. The fraction of sp³-hybridized carbons (Fsp3) is 0.667. The molecule has 0 saturated heterocycles. The van der Waals surface area contributed by atoms with Crippen molar-refractivity contribution in [3.63, 3.8) is 0 Å². The van der Waals surface area contributed by atoms with Crippen molar-refractivity contribution in [1.29, 1.82) is 5.26 Å². The molecular weight excluding hydrogens is 294 g/mol. The summed E-state index contributed by atoms with van der Waals surface area (Å²) < 4.78 is 0.680. The Bertz CT molecular complexity index is 518. The Morgan fingerprint density at radius 1 is 1.50 bits per heavy atom. The number of hydrogen-bond donors (Lipinski definition) is 1. The van der Waals surface area contributed by atoms with E-state index in [1.54, 1.807) is 11.9 Å². The predicted molar refractivity (Wildman–Crippen MR) is 79.2 cm³/mol. The molecule has 0 atom stereocenters. The van der Waals surface area contributed by atoms with Crippen LogP contribution in [0.1, 0.15) is 32.1 Å². The zero-order valence-electron chi connectivity index (χ0n) is 11.3. The van der Waals surface area contributed by atoms with Crippen molar-refractivity contribution in [2.45, 2.75) is 42.0 Å². The van der Waals surface area contributed by atoms with Crippen LogP contribution in [0, 0.1) is 11.3 Å². The maximum atomic E-state index is 12.3. The van der Waals surface area contributed by atoms with Crippen LogP contribution in [0.3, 0.4) is 0 Å². The van der Waals surface area contributed by atoms with Crippen molar-refractivity contribution >= 4 is 34.1 Å². The molecule has 0 aromatic carbocycles. The zero-order valence-corrected chi connectivity index (χ0v) is 13.0. The number of nitrogen functional groups attached to an aromatic ring is 1. The molecule has 1 amide bonds. The zero-order chi connectivity index (χ0) is 14.6. The fourth-order valence-corrected chi connectivity index (χ4v) is 3.95. The van der Waals surface area contributed by atoms with Crippen LogP contribution in [0.2, 0.25) is 0 Å². The number of amides is 1. The highest BCUT2D eigenvalue weighted by molar-refractivity contribution is 8.01. The first-order chi connectivity index (χ1) is 9.57. The first-order valence-corrected chi connectivity index (χ1v) is 8.27. The molecule has 1 aliphatic carbocycles. The van der Waals surface area contributed by atoms with Crippen molar-refractivity contribution in [2.24, 2.45) is 0 Å². The molecule has 1 aromatic rings. The third-order valence-corrected chi connectivity index (χ3v) is 5.52. The third kappa shape index (κ3) is 3.22. The molecule has 1 saturated carbocycles. The third-order valence-electron chi connectivity index (χ3n) is 3.65. The van der Waals surface area contributed by atoms with Crippen molar-refractivity contribution in [1.82, 2.24) is 15.1 Å². The Kier molecular flexibility index (Phi) is 4.83. The summed E-state index contributed by atoms with van der Waals surface area (Å²) in [5, 5.41) is 17.4. The van der Waals surface area contributed by atoms with Crippen LogP contribution in [-0.2, 0) is 4.79 Å². The highest BCUT2D eigenvalue weighted by Crippen LogP contribution is 2.33. The van der Waals surface area contributed by atoms with E-state index in [-0.39, 0.29) is 11.7 Å². The molecule has 0 bridgehead atoms. The van der Waals surface area contributed by atoms with Gasteiger partial charge in [0.1, 0.15) is 5.54 Å². The smallest absolute Gasteiger partial charge is 0.234 e. The standard InChI is InChI=1S/C12H17N5OS2/c1-17(12(8-13)5-3-2-4-6-12)9(18)7-19-11-16-15-10(14)20-11/h2-7H2,1H3,(H2,14,15). The molecule has 8 heteroatoms. The van der Waals surface area contributed by atoms with Gasteiger partial charge in [0.2, 0.25) is 11.0 Å². The van der Waals surface area contributed by atoms with Gasteiger partial charge in [0, 0.05) is 7.05 Å². The number of nitriles is 1. The van der Waals surface area contributed by atoms with E-state index in [0.717, 1.165) is 32.1 Å². The van der Waals surface area contributed by atoms with Gasteiger partial charge >= 0.3 is 0 Å². The van der Waals surface area contributed by atoms with Crippen LogP contribution in [-0.4, -0.2) is 39.3 Å². The first kappa shape index (κ1) is 15.1. The highest BCUT2D eigenvalue weighted by atomic mass is 32.2. The number of thioether (sulfide) groups is 1. The Hall–Kier alpha value is -1.33. The number of anilines is 1. The average molecular weight is 311 g/mol. The van der Waals surface area contributed by atoms with Crippen LogP contribution in [0.25, 0.3) is 0 Å². The molecule has 2 N–H and O–H groups in total. The Morgan fingerprint density at radius 3 is 2.75 bits per heavy atom. The number of rotatable bonds is 4. The summed E-state index contributed by atoms with van der Waals surface area (Å²) in [7, 11) is 1.73. The largest absolute Gasteiger partial charge is 0.374 e. The number of hydrogen-bond acceptors (Lipinski definition) is 7. The van der Waals surface area contributed by atoms with Crippen LogP contribution in [0.15, 0.2) is 4.34 Å². The number of aromatic nitrogens is 2. The second kappa shape index (κ2) is 6.41.